The van der Waals surface area contributed by atoms with Gasteiger partial charge in [-0.1, -0.05) is 20.8 Å². The maximum atomic E-state index is 10.0. The molecule has 0 saturated carbocycles. The van der Waals surface area contributed by atoms with Crippen molar-refractivity contribution in [1.82, 2.24) is 4.31 Å². The summed E-state index contributed by atoms with van der Waals surface area (Å²) in [5.41, 5.74) is 1.84. The van der Waals surface area contributed by atoms with Crippen molar-refractivity contribution in [2.45, 2.75) is 27.2 Å². The molecule has 0 aliphatic carbocycles. The molecule has 0 rings (SSSR count). The summed E-state index contributed by atoms with van der Waals surface area (Å²) in [6, 6.07) is 0. The van der Waals surface area contributed by atoms with Crippen molar-refractivity contribution in [3.8, 4) is 0 Å². The first-order valence-corrected chi connectivity index (χ1v) is 4.77. The van der Waals surface area contributed by atoms with Crippen LogP contribution in [-0.2, 0) is 4.79 Å². The van der Waals surface area contributed by atoms with E-state index in [-0.39, 0.29) is 0 Å². The summed E-state index contributed by atoms with van der Waals surface area (Å²) < 4.78 is 2.02. The van der Waals surface area contributed by atoms with Crippen LogP contribution in [0.2, 0.25) is 0 Å². The molecule has 0 fully saturated rings. The first-order valence-electron chi connectivity index (χ1n) is 3.99. The number of hydrogen-bond donors (Lipinski definition) is 0. The molecule has 3 heteroatoms. The molecule has 0 spiro atoms. The van der Waals surface area contributed by atoms with Crippen LogP contribution < -0.4 is 0 Å². The summed E-state index contributed by atoms with van der Waals surface area (Å²) in [6.07, 6.45) is 1.14. The average molecular weight is 174 g/mol. The van der Waals surface area contributed by atoms with Gasteiger partial charge in [-0.25, -0.2) is 4.31 Å². The van der Waals surface area contributed by atoms with Gasteiger partial charge in [0, 0.05) is 25.0 Å². The highest BCUT2D eigenvalue weighted by Gasteiger charge is 2.03. The molecule has 11 heavy (non-hydrogen) atoms. The zero-order chi connectivity index (χ0) is 8.69. The Morgan fingerprint density at radius 1 is 1.55 bits per heavy atom. The SMILES string of the molecule is CCN(CCC(C)C)S[C]=O. The van der Waals surface area contributed by atoms with Crippen LogP contribution in [0.15, 0.2) is 0 Å². The van der Waals surface area contributed by atoms with Crippen LogP contribution in [0.4, 0.5) is 0 Å². The lowest BCUT2D eigenvalue weighted by Gasteiger charge is -2.15. The quantitative estimate of drug-likeness (QED) is 0.575. The zero-order valence-electron chi connectivity index (χ0n) is 7.46. The average Bonchev–Trinajstić information content (AvgIpc) is 1.97. The van der Waals surface area contributed by atoms with Crippen molar-refractivity contribution in [1.29, 1.82) is 0 Å². The molecule has 0 aromatic heterocycles. The van der Waals surface area contributed by atoms with E-state index in [1.807, 2.05) is 16.8 Å². The predicted octanol–water partition coefficient (Wildman–Crippen LogP) is 2.07. The van der Waals surface area contributed by atoms with E-state index in [0.717, 1.165) is 31.5 Å². The van der Waals surface area contributed by atoms with Crippen LogP contribution in [0.1, 0.15) is 27.2 Å². The van der Waals surface area contributed by atoms with Crippen molar-refractivity contribution in [2.75, 3.05) is 13.1 Å². The molecule has 0 aromatic carbocycles. The highest BCUT2D eigenvalue weighted by molar-refractivity contribution is 8.09. The molecule has 0 aromatic rings. The first kappa shape index (κ1) is 11.0. The number of carbonyl (C=O) groups excluding carboxylic acids is 1. The highest BCUT2D eigenvalue weighted by Crippen LogP contribution is 2.09. The van der Waals surface area contributed by atoms with Crippen LogP contribution in [0, 0.1) is 5.92 Å². The molecule has 0 aliphatic heterocycles. The van der Waals surface area contributed by atoms with Gasteiger partial charge in [0.2, 0.25) is 0 Å². The molecule has 2 nitrogen and oxygen atoms in total. The molecular weight excluding hydrogens is 158 g/mol. The van der Waals surface area contributed by atoms with Crippen LogP contribution >= 0.6 is 11.9 Å². The highest BCUT2D eigenvalue weighted by atomic mass is 32.2. The van der Waals surface area contributed by atoms with Gasteiger partial charge >= 0.3 is 0 Å². The molecule has 0 N–H and O–H groups in total. The smallest absolute Gasteiger partial charge is 0.276 e. The van der Waals surface area contributed by atoms with Crippen molar-refractivity contribution < 1.29 is 4.79 Å². The Balaban J connectivity index is 3.43. The maximum Gasteiger partial charge on any atom is 0.282 e. The van der Waals surface area contributed by atoms with E-state index in [9.17, 15) is 4.79 Å². The summed E-state index contributed by atoms with van der Waals surface area (Å²) >= 11 is 1.15. The lowest BCUT2D eigenvalue weighted by Crippen LogP contribution is -2.17. The molecule has 0 bridgehead atoms. The number of hydrogen-bond acceptors (Lipinski definition) is 3. The largest absolute Gasteiger partial charge is 0.282 e. The van der Waals surface area contributed by atoms with Gasteiger partial charge in [-0.2, -0.15) is 0 Å². The lowest BCUT2D eigenvalue weighted by molar-refractivity contribution is 0.436. The fraction of sp³-hybridized carbons (Fsp3) is 0.875. The van der Waals surface area contributed by atoms with Gasteiger partial charge in [-0.3, -0.25) is 4.79 Å². The minimum Gasteiger partial charge on any atom is -0.276 e. The third-order valence-electron chi connectivity index (χ3n) is 1.47. The Hall–Kier alpha value is -0.0200. The van der Waals surface area contributed by atoms with Gasteiger partial charge in [0.15, 0.2) is 0 Å². The zero-order valence-corrected chi connectivity index (χ0v) is 8.28. The van der Waals surface area contributed by atoms with Gasteiger partial charge < -0.3 is 0 Å². The van der Waals surface area contributed by atoms with Crippen LogP contribution in [0.3, 0.4) is 0 Å². The fourth-order valence-electron chi connectivity index (χ4n) is 0.723. The fourth-order valence-corrected chi connectivity index (χ4v) is 1.15. The topological polar surface area (TPSA) is 20.3 Å². The predicted molar refractivity (Wildman–Crippen MR) is 50.0 cm³/mol. The molecule has 0 amide bonds. The first-order chi connectivity index (χ1) is 5.20. The normalized spacial score (nSPS) is 11.0. The molecule has 0 atom stereocenters. The third-order valence-corrected chi connectivity index (χ3v) is 2.25. The minimum atomic E-state index is 0.705. The second kappa shape index (κ2) is 6.68. The van der Waals surface area contributed by atoms with Crippen molar-refractivity contribution in [2.24, 2.45) is 5.92 Å². The van der Waals surface area contributed by atoms with Crippen LogP contribution in [-0.4, -0.2) is 23.0 Å². The Morgan fingerprint density at radius 2 is 2.18 bits per heavy atom. The summed E-state index contributed by atoms with van der Waals surface area (Å²) in [5, 5.41) is 0. The second-order valence-corrected chi connectivity index (χ2v) is 3.74. The maximum absolute atomic E-state index is 10.0. The standard InChI is InChI=1S/C8H16NOS/c1-4-9(11-7-10)6-5-8(2)3/h8H,4-6H2,1-3H3. The van der Waals surface area contributed by atoms with Crippen LogP contribution in [0.25, 0.3) is 0 Å². The Morgan fingerprint density at radius 3 is 2.55 bits per heavy atom. The summed E-state index contributed by atoms with van der Waals surface area (Å²) in [4.78, 5) is 10.0. The van der Waals surface area contributed by atoms with E-state index < -0.39 is 0 Å². The van der Waals surface area contributed by atoms with E-state index >= 15 is 0 Å². The third kappa shape index (κ3) is 6.38. The van der Waals surface area contributed by atoms with Crippen molar-refractivity contribution in [3.05, 3.63) is 0 Å². The lowest BCUT2D eigenvalue weighted by atomic mass is 10.1. The minimum absolute atomic E-state index is 0.705. The Bertz CT molecular complexity index is 106. The van der Waals surface area contributed by atoms with Crippen molar-refractivity contribution in [3.63, 3.8) is 0 Å². The van der Waals surface area contributed by atoms with Gasteiger partial charge in [-0.15, -0.1) is 0 Å². The molecular formula is C8H16NOS. The number of rotatable bonds is 6. The monoisotopic (exact) mass is 174 g/mol. The van der Waals surface area contributed by atoms with Gasteiger partial charge in [-0.05, 0) is 12.3 Å². The van der Waals surface area contributed by atoms with E-state index in [1.165, 1.54) is 0 Å². The van der Waals surface area contributed by atoms with Gasteiger partial charge in [0.1, 0.15) is 0 Å². The van der Waals surface area contributed by atoms with Gasteiger partial charge in [0.25, 0.3) is 5.62 Å². The number of nitrogens with zero attached hydrogens (tertiary/aromatic N) is 1. The van der Waals surface area contributed by atoms with E-state index in [4.69, 9.17) is 0 Å². The summed E-state index contributed by atoms with van der Waals surface area (Å²) in [7, 11) is 0. The molecule has 1 radical (unpaired) electrons. The van der Waals surface area contributed by atoms with E-state index in [2.05, 4.69) is 13.8 Å². The second-order valence-electron chi connectivity index (χ2n) is 2.88. The molecule has 0 saturated heterocycles. The molecule has 65 valence electrons. The van der Waals surface area contributed by atoms with E-state index in [1.54, 1.807) is 0 Å². The van der Waals surface area contributed by atoms with Gasteiger partial charge in [0.05, 0.1) is 0 Å². The Labute approximate surface area is 73.5 Å². The molecule has 0 aliphatic rings. The summed E-state index contributed by atoms with van der Waals surface area (Å²) in [6.45, 7) is 8.30. The molecule has 0 heterocycles. The molecule has 0 unspecified atom stereocenters. The Kier molecular flexibility index (Phi) is 6.66. The van der Waals surface area contributed by atoms with Crippen LogP contribution in [0.5, 0.6) is 0 Å². The van der Waals surface area contributed by atoms with E-state index in [0.29, 0.717) is 5.92 Å². The van der Waals surface area contributed by atoms with Crippen molar-refractivity contribution >= 4 is 17.6 Å². The summed E-state index contributed by atoms with van der Waals surface area (Å²) in [5.74, 6) is 0.705.